The van der Waals surface area contributed by atoms with Gasteiger partial charge in [-0.05, 0) is 25.0 Å². The molecule has 1 heterocycles. The largest absolute Gasteiger partial charge is 0.292 e. The SMILES string of the molecule is CC/C(=N\NC(=O)c1nn(CC)c(=O)c2ccccc12)c1ccccc1. The van der Waals surface area contributed by atoms with Crippen molar-refractivity contribution in [2.75, 3.05) is 0 Å². The third-order valence-corrected chi connectivity index (χ3v) is 4.12. The number of nitrogens with zero attached hydrogens (tertiary/aromatic N) is 3. The molecular formula is C20H20N4O2. The van der Waals surface area contributed by atoms with E-state index in [2.05, 4.69) is 15.6 Å². The standard InChI is InChI=1S/C20H20N4O2/c1-3-17(14-10-6-5-7-11-14)21-22-19(25)18-15-12-8-9-13-16(15)20(26)24(4-2)23-18/h5-13H,3-4H2,1-2H3,(H,22,25)/b21-17+. The van der Waals surface area contributed by atoms with E-state index in [1.807, 2.05) is 44.2 Å². The van der Waals surface area contributed by atoms with Gasteiger partial charge in [0.05, 0.1) is 11.1 Å². The predicted octanol–water partition coefficient (Wildman–Crippen LogP) is 2.96. The molecular weight excluding hydrogens is 328 g/mol. The van der Waals surface area contributed by atoms with E-state index >= 15 is 0 Å². The number of carbonyl (C=O) groups excluding carboxylic acids is 1. The highest BCUT2D eigenvalue weighted by Gasteiger charge is 2.16. The van der Waals surface area contributed by atoms with Crippen LogP contribution in [0.5, 0.6) is 0 Å². The van der Waals surface area contributed by atoms with E-state index in [0.29, 0.717) is 23.7 Å². The van der Waals surface area contributed by atoms with Gasteiger partial charge < -0.3 is 0 Å². The van der Waals surface area contributed by atoms with Gasteiger partial charge in [-0.1, -0.05) is 55.5 Å². The molecule has 6 nitrogen and oxygen atoms in total. The van der Waals surface area contributed by atoms with Gasteiger partial charge in [-0.3, -0.25) is 9.59 Å². The predicted molar refractivity (Wildman–Crippen MR) is 102 cm³/mol. The minimum atomic E-state index is -0.440. The molecule has 3 rings (SSSR count). The van der Waals surface area contributed by atoms with Crippen LogP contribution in [-0.2, 0) is 6.54 Å². The maximum absolute atomic E-state index is 12.7. The monoisotopic (exact) mass is 348 g/mol. The van der Waals surface area contributed by atoms with Crippen molar-refractivity contribution in [3.8, 4) is 0 Å². The summed E-state index contributed by atoms with van der Waals surface area (Å²) in [5.41, 5.74) is 4.29. The van der Waals surface area contributed by atoms with Crippen molar-refractivity contribution in [3.05, 3.63) is 76.2 Å². The van der Waals surface area contributed by atoms with Gasteiger partial charge in [-0.2, -0.15) is 10.2 Å². The molecule has 1 amide bonds. The Morgan fingerprint density at radius 2 is 1.69 bits per heavy atom. The molecule has 132 valence electrons. The average molecular weight is 348 g/mol. The summed E-state index contributed by atoms with van der Waals surface area (Å²) in [5.74, 6) is -0.440. The second-order valence-corrected chi connectivity index (χ2v) is 5.73. The number of benzene rings is 2. The van der Waals surface area contributed by atoms with Gasteiger partial charge in [0.15, 0.2) is 5.69 Å². The Balaban J connectivity index is 1.99. The number of carbonyl (C=O) groups is 1. The maximum Gasteiger partial charge on any atom is 0.292 e. The first-order valence-corrected chi connectivity index (χ1v) is 8.57. The zero-order valence-electron chi connectivity index (χ0n) is 14.8. The van der Waals surface area contributed by atoms with Crippen LogP contribution in [0.4, 0.5) is 0 Å². The molecule has 1 aromatic heterocycles. The molecule has 0 bridgehead atoms. The van der Waals surface area contributed by atoms with Crippen LogP contribution < -0.4 is 11.0 Å². The van der Waals surface area contributed by atoms with Crippen LogP contribution in [0.15, 0.2) is 64.5 Å². The van der Waals surface area contributed by atoms with E-state index in [1.54, 1.807) is 24.3 Å². The molecule has 0 fully saturated rings. The molecule has 6 heteroatoms. The number of hydrazone groups is 1. The lowest BCUT2D eigenvalue weighted by Gasteiger charge is -2.09. The fourth-order valence-corrected chi connectivity index (χ4v) is 2.77. The zero-order chi connectivity index (χ0) is 18.5. The minimum Gasteiger partial charge on any atom is -0.267 e. The van der Waals surface area contributed by atoms with Gasteiger partial charge in [0.2, 0.25) is 0 Å². The number of aryl methyl sites for hydroxylation is 1. The van der Waals surface area contributed by atoms with Crippen molar-refractivity contribution in [3.63, 3.8) is 0 Å². The summed E-state index contributed by atoms with van der Waals surface area (Å²) in [7, 11) is 0. The Morgan fingerprint density at radius 1 is 1.04 bits per heavy atom. The Hall–Kier alpha value is -3.28. The fraction of sp³-hybridized carbons (Fsp3) is 0.200. The van der Waals surface area contributed by atoms with Crippen LogP contribution in [0.25, 0.3) is 10.8 Å². The summed E-state index contributed by atoms with van der Waals surface area (Å²) in [6.45, 7) is 4.17. The molecule has 1 N–H and O–H groups in total. The van der Waals surface area contributed by atoms with Crippen LogP contribution in [0.2, 0.25) is 0 Å². The number of amides is 1. The quantitative estimate of drug-likeness (QED) is 0.569. The Labute approximate surface area is 151 Å². The minimum absolute atomic E-state index is 0.189. The van der Waals surface area contributed by atoms with E-state index in [9.17, 15) is 9.59 Å². The molecule has 0 saturated carbocycles. The molecule has 0 aliphatic heterocycles. The molecule has 0 spiro atoms. The topological polar surface area (TPSA) is 76.3 Å². The van der Waals surface area contributed by atoms with Gasteiger partial charge in [0.1, 0.15) is 0 Å². The van der Waals surface area contributed by atoms with Crippen LogP contribution in [0.3, 0.4) is 0 Å². The highest BCUT2D eigenvalue weighted by molar-refractivity contribution is 6.06. The second-order valence-electron chi connectivity index (χ2n) is 5.73. The highest BCUT2D eigenvalue weighted by atomic mass is 16.2. The number of rotatable bonds is 5. The first-order chi connectivity index (χ1) is 12.7. The Bertz CT molecular complexity index is 1020. The fourth-order valence-electron chi connectivity index (χ4n) is 2.77. The first kappa shape index (κ1) is 17.5. The molecule has 26 heavy (non-hydrogen) atoms. The zero-order valence-corrected chi connectivity index (χ0v) is 14.8. The molecule has 0 radical (unpaired) electrons. The van der Waals surface area contributed by atoms with Crippen molar-refractivity contribution in [1.82, 2.24) is 15.2 Å². The second kappa shape index (κ2) is 7.74. The van der Waals surface area contributed by atoms with Crippen molar-refractivity contribution < 1.29 is 4.79 Å². The average Bonchev–Trinajstić information content (AvgIpc) is 2.69. The van der Waals surface area contributed by atoms with Crippen LogP contribution in [0, 0.1) is 0 Å². The normalized spacial score (nSPS) is 11.5. The lowest BCUT2D eigenvalue weighted by Crippen LogP contribution is -2.29. The molecule has 0 atom stereocenters. The van der Waals surface area contributed by atoms with Gasteiger partial charge in [-0.25, -0.2) is 10.1 Å². The van der Waals surface area contributed by atoms with E-state index in [-0.39, 0.29) is 11.3 Å². The summed E-state index contributed by atoms with van der Waals surface area (Å²) in [6.07, 6.45) is 0.674. The summed E-state index contributed by atoms with van der Waals surface area (Å²) in [5, 5.41) is 9.47. The third kappa shape index (κ3) is 3.39. The van der Waals surface area contributed by atoms with E-state index in [1.165, 1.54) is 4.68 Å². The van der Waals surface area contributed by atoms with E-state index < -0.39 is 5.91 Å². The number of nitrogens with one attached hydrogen (secondary N) is 1. The number of aromatic nitrogens is 2. The smallest absolute Gasteiger partial charge is 0.267 e. The van der Waals surface area contributed by atoms with E-state index in [4.69, 9.17) is 0 Å². The number of fused-ring (bicyclic) bond motifs is 1. The van der Waals surface area contributed by atoms with E-state index in [0.717, 1.165) is 11.3 Å². The number of hydrogen-bond donors (Lipinski definition) is 1. The summed E-state index contributed by atoms with van der Waals surface area (Å²) in [6, 6.07) is 16.6. The van der Waals surface area contributed by atoms with Crippen molar-refractivity contribution >= 4 is 22.4 Å². The summed E-state index contributed by atoms with van der Waals surface area (Å²) in [4.78, 5) is 25.1. The van der Waals surface area contributed by atoms with Crippen LogP contribution in [0.1, 0.15) is 36.3 Å². The molecule has 2 aromatic carbocycles. The van der Waals surface area contributed by atoms with Gasteiger partial charge in [0, 0.05) is 11.9 Å². The maximum atomic E-state index is 12.7. The van der Waals surface area contributed by atoms with Crippen molar-refractivity contribution in [2.24, 2.45) is 5.10 Å². The first-order valence-electron chi connectivity index (χ1n) is 8.57. The highest BCUT2D eigenvalue weighted by Crippen LogP contribution is 2.13. The van der Waals surface area contributed by atoms with Crippen LogP contribution in [-0.4, -0.2) is 21.4 Å². The Morgan fingerprint density at radius 3 is 2.35 bits per heavy atom. The summed E-state index contributed by atoms with van der Waals surface area (Å²) >= 11 is 0. The Kier molecular flexibility index (Phi) is 5.22. The van der Waals surface area contributed by atoms with Gasteiger partial charge in [-0.15, -0.1) is 0 Å². The summed E-state index contributed by atoms with van der Waals surface area (Å²) < 4.78 is 1.29. The lowest BCUT2D eigenvalue weighted by molar-refractivity contribution is 0.0949. The lowest BCUT2D eigenvalue weighted by atomic mass is 10.1. The third-order valence-electron chi connectivity index (χ3n) is 4.12. The molecule has 0 unspecified atom stereocenters. The molecule has 0 saturated heterocycles. The molecule has 0 aliphatic rings. The van der Waals surface area contributed by atoms with Crippen molar-refractivity contribution in [1.29, 1.82) is 0 Å². The number of hydrogen-bond acceptors (Lipinski definition) is 4. The van der Waals surface area contributed by atoms with Gasteiger partial charge >= 0.3 is 0 Å². The molecule has 3 aromatic rings. The molecule has 0 aliphatic carbocycles. The van der Waals surface area contributed by atoms with Crippen LogP contribution >= 0.6 is 0 Å². The van der Waals surface area contributed by atoms with Gasteiger partial charge in [0.25, 0.3) is 11.5 Å². The van der Waals surface area contributed by atoms with Crippen molar-refractivity contribution in [2.45, 2.75) is 26.8 Å².